The normalized spacial score (nSPS) is 20.6. The average molecular weight is 1850 g/mol. The highest BCUT2D eigenvalue weighted by atomic mass is 32.1. The number of aliphatic imine (C=N–C) groups is 3. The molecule has 9 aliphatic rings. The lowest BCUT2D eigenvalue weighted by molar-refractivity contribution is -0.254. The fraction of sp³-hybridized carbons (Fsp3) is 0.304. The first kappa shape index (κ1) is 89.7. The number of rotatable bonds is 13. The van der Waals surface area contributed by atoms with Crippen molar-refractivity contribution in [3.05, 3.63) is 286 Å². The minimum absolute atomic E-state index is 0.227. The molecule has 690 valence electrons. The molecule has 3 atom stereocenters. The number of para-hydroxylation sites is 3. The molecule has 23 rings (SSSR count). The number of fused-ring (bicyclic) bond motifs is 13. The second-order valence-electron chi connectivity index (χ2n) is 37.6. The van der Waals surface area contributed by atoms with E-state index < -0.39 is 46.1 Å². The zero-order chi connectivity index (χ0) is 94.3. The molecule has 3 aromatic heterocycles. The van der Waals surface area contributed by atoms with E-state index in [1.54, 1.807) is 61.8 Å². The number of halogens is 6. The summed E-state index contributed by atoms with van der Waals surface area (Å²) in [6.45, 7) is 25.9. The van der Waals surface area contributed by atoms with E-state index >= 15 is 17.6 Å². The van der Waals surface area contributed by atoms with Crippen molar-refractivity contribution in [2.24, 2.45) is 15.0 Å². The molecule has 1 saturated heterocycles. The minimum Gasteiger partial charge on any atom is -0.497 e. The molecule has 8 aliphatic heterocycles. The molecule has 11 aromatic carbocycles. The number of alkyl halides is 6. The molecule has 3 spiro atoms. The number of nitrogens with zero attached hydrogens (tertiary/aromatic N) is 9. The summed E-state index contributed by atoms with van der Waals surface area (Å²) in [6, 6.07) is 78.0. The van der Waals surface area contributed by atoms with E-state index in [1.807, 2.05) is 42.8 Å². The zero-order valence-corrected chi connectivity index (χ0v) is 79.8. The number of piperidine rings is 1. The van der Waals surface area contributed by atoms with Gasteiger partial charge in [0.15, 0.2) is 11.5 Å². The summed E-state index contributed by atoms with van der Waals surface area (Å²) < 4.78 is 128. The summed E-state index contributed by atoms with van der Waals surface area (Å²) in [5, 5.41) is 5.79. The Balaban J connectivity index is 0.000000112. The third-order valence-corrected chi connectivity index (χ3v) is 31.3. The highest BCUT2D eigenvalue weighted by Crippen LogP contribution is 2.68. The summed E-state index contributed by atoms with van der Waals surface area (Å²) in [5.74, 6) is -11.3. The molecule has 14 aromatic rings. The fourth-order valence-electron chi connectivity index (χ4n) is 21.7. The second-order valence-corrected chi connectivity index (χ2v) is 40.1. The Bertz CT molecular complexity index is 7030. The number of pyridine rings is 1. The number of ether oxygens (including phenoxy) is 6. The Morgan fingerprint density at radius 3 is 1.39 bits per heavy atom. The van der Waals surface area contributed by atoms with E-state index in [0.29, 0.717) is 32.4 Å². The van der Waals surface area contributed by atoms with Gasteiger partial charge in [0, 0.05) is 144 Å². The van der Waals surface area contributed by atoms with Crippen LogP contribution < -0.4 is 52.9 Å². The molecule has 23 heteroatoms. The van der Waals surface area contributed by atoms with E-state index in [9.17, 15) is 8.78 Å². The van der Waals surface area contributed by atoms with E-state index in [0.717, 1.165) is 131 Å². The number of hydrogen-bond donors (Lipinski definition) is 0. The first-order valence-corrected chi connectivity index (χ1v) is 47.9. The maximum absolute atomic E-state index is 15.4. The van der Waals surface area contributed by atoms with Crippen molar-refractivity contribution in [1.29, 1.82) is 0 Å². The van der Waals surface area contributed by atoms with Crippen molar-refractivity contribution < 1.29 is 54.8 Å². The molecule has 15 nitrogen and oxygen atoms in total. The molecular formula is C112H107F6N9O6S2. The smallest absolute Gasteiger partial charge is 0.380 e. The number of allylic oxidation sites excluding steroid dienone is 2. The van der Waals surface area contributed by atoms with Gasteiger partial charge in [-0.15, -0.1) is 22.7 Å². The number of thiophene rings is 2. The predicted molar refractivity (Wildman–Crippen MR) is 540 cm³/mol. The highest BCUT2D eigenvalue weighted by Gasteiger charge is 2.81. The van der Waals surface area contributed by atoms with Gasteiger partial charge in [0.05, 0.1) is 67.4 Å². The highest BCUT2D eigenvalue weighted by molar-refractivity contribution is 7.16. The van der Waals surface area contributed by atoms with Crippen LogP contribution in [-0.2, 0) is 22.7 Å². The summed E-state index contributed by atoms with van der Waals surface area (Å²) in [5.41, 5.74) is 11.3. The molecule has 0 saturated carbocycles. The first-order chi connectivity index (χ1) is 64.9. The van der Waals surface area contributed by atoms with Crippen LogP contribution in [0.1, 0.15) is 131 Å². The van der Waals surface area contributed by atoms with Crippen LogP contribution in [-0.4, -0.2) is 120 Å². The van der Waals surface area contributed by atoms with Crippen molar-refractivity contribution in [1.82, 2.24) is 4.98 Å². The molecule has 0 N–H and O–H groups in total. The number of benzene rings is 11. The molecule has 1 aliphatic carbocycles. The number of likely N-dealkylation sites (N-methyl/N-ethyl adjacent to an activating group) is 1. The number of aryl methyl sites for hydroxylation is 2. The van der Waals surface area contributed by atoms with Crippen molar-refractivity contribution >= 4 is 136 Å². The predicted octanol–water partition coefficient (Wildman–Crippen LogP) is 28.4. The molecule has 135 heavy (non-hydrogen) atoms. The van der Waals surface area contributed by atoms with Crippen LogP contribution in [0.5, 0.6) is 34.5 Å². The van der Waals surface area contributed by atoms with Gasteiger partial charge in [-0.3, -0.25) is 20.0 Å². The largest absolute Gasteiger partial charge is 0.497 e. The van der Waals surface area contributed by atoms with Crippen LogP contribution in [0, 0.1) is 13.8 Å². The van der Waals surface area contributed by atoms with E-state index in [-0.39, 0.29) is 37.1 Å². The van der Waals surface area contributed by atoms with E-state index in [1.165, 1.54) is 132 Å². The number of aromatic nitrogens is 1. The van der Waals surface area contributed by atoms with Gasteiger partial charge in [-0.2, -0.15) is 26.3 Å². The molecule has 0 bridgehead atoms. The third kappa shape index (κ3) is 14.0. The summed E-state index contributed by atoms with van der Waals surface area (Å²) in [4.78, 5) is 33.0. The van der Waals surface area contributed by atoms with E-state index in [4.69, 9.17) is 43.4 Å². The maximum atomic E-state index is 15.4. The van der Waals surface area contributed by atoms with Gasteiger partial charge in [-0.05, 0) is 260 Å². The Morgan fingerprint density at radius 1 is 0.400 bits per heavy atom. The minimum atomic E-state index is -5.62. The van der Waals surface area contributed by atoms with Crippen molar-refractivity contribution in [3.63, 3.8) is 0 Å². The van der Waals surface area contributed by atoms with Gasteiger partial charge in [-0.25, -0.2) is 0 Å². The van der Waals surface area contributed by atoms with Gasteiger partial charge in [0.25, 0.3) is 0 Å². The lowest BCUT2D eigenvalue weighted by Gasteiger charge is -2.46. The topological polar surface area (TPSA) is 122 Å². The fourth-order valence-corrected chi connectivity index (χ4v) is 23.8. The first-order valence-electron chi connectivity index (χ1n) is 46.3. The molecule has 11 heterocycles. The van der Waals surface area contributed by atoms with Crippen molar-refractivity contribution in [2.45, 2.75) is 159 Å². The summed E-state index contributed by atoms with van der Waals surface area (Å²) >= 11 is 2.14. The van der Waals surface area contributed by atoms with Gasteiger partial charge in [0.2, 0.25) is 17.2 Å². The standard InChI is InChI=1S/C32H31N3O.C29H22F6O2S2.C27H29N3O.C24H25N3O2/c1-4-18-35-27-16-10-8-14-25(27)31(2,3)32(35)21-33-30-24-13-7-6-12-23(24)28(20-29(30)36-32)34-19-17-22-11-5-9-15-26(22)34;1-15-21(13-23(38-15)17-5-9-19(36-3)10-6-17)25-26(28(32,33)29(34,35)27(25,30)31)22-14-24(39-16(22)2)18-7-11-20(37-4)12-8-18;1-26(2)21-13-7-8-14-22(21)29(3)27(26)18-28-25-20-12-6-5-11-19(20)23(17-24(25)31-27)30-15-9-4-10-16-30;1-5-13-27-20-10-8-16(28-4)14-18(20)23(2,3)24(27)15-26-22-17-7-6-12-25-19(17)9-11-21(22)29-24/h5-16,20-21H,4,17-19H2,1-3H3;5-14H,1-4H3;5-8,11-14,17-18H,4,9-10,15-16H2,1-3H3;6-12,14-15H,5,13H2,1-4H3. The van der Waals surface area contributed by atoms with E-state index in [2.05, 4.69) is 244 Å². The quantitative estimate of drug-likeness (QED) is 0.102. The molecular weight excluding hydrogens is 1750 g/mol. The lowest BCUT2D eigenvalue weighted by atomic mass is 9.77. The molecule has 0 radical (unpaired) electrons. The molecule has 0 amide bonds. The molecule has 1 fully saturated rings. The number of methoxy groups -OCH3 is 3. The monoisotopic (exact) mass is 1850 g/mol. The van der Waals surface area contributed by atoms with Gasteiger partial charge >= 0.3 is 17.8 Å². The SMILES string of the molecule is CCCN1c2ccc(OC)cc2C(C)(C)C12C=Nc1c(ccc3ncccc13)O2.CCCN1c2ccccc2C(C)(C)C12C=Nc1c(cc(N3CCc4ccccc43)c3ccccc13)O2.CN1c2ccccc2C(C)(C)C12C=Nc1c(cc(N3CCCCC3)c3ccccc13)O2.COc1ccc(-c2cc(C3=C(c4cc(-c5ccc(OC)cc5)sc4C)C(F)(F)C(F)(F)C3(F)F)c(C)s2)cc1. The maximum Gasteiger partial charge on any atom is 0.380 e. The van der Waals surface area contributed by atoms with Gasteiger partial charge < -0.3 is 52.9 Å². The van der Waals surface area contributed by atoms with Crippen molar-refractivity contribution in [2.75, 3.05) is 85.6 Å². The Morgan fingerprint density at radius 2 is 0.837 bits per heavy atom. The Hall–Kier alpha value is -13.1. The Kier molecular flexibility index (Phi) is 22.4. The van der Waals surface area contributed by atoms with Crippen LogP contribution in [0.15, 0.2) is 258 Å². The van der Waals surface area contributed by atoms with Crippen LogP contribution in [0.4, 0.5) is 77.5 Å². The van der Waals surface area contributed by atoms with Crippen LogP contribution in [0.25, 0.3) is 64.5 Å². The third-order valence-electron chi connectivity index (χ3n) is 29.1. The molecule has 3 unspecified atom stereocenters. The second kappa shape index (κ2) is 33.7. The number of anilines is 6. The average Bonchev–Trinajstić information content (AvgIpc) is 1.41. The summed E-state index contributed by atoms with van der Waals surface area (Å²) in [6.07, 6.45) is 14.8. The van der Waals surface area contributed by atoms with Gasteiger partial charge in [0.1, 0.15) is 40.1 Å². The van der Waals surface area contributed by atoms with Gasteiger partial charge in [-0.1, -0.05) is 117 Å². The van der Waals surface area contributed by atoms with Crippen LogP contribution in [0.3, 0.4) is 0 Å². The zero-order valence-electron chi connectivity index (χ0n) is 78.2. The van der Waals surface area contributed by atoms with Crippen LogP contribution >= 0.6 is 22.7 Å². The number of hydrogen-bond acceptors (Lipinski definition) is 17. The lowest BCUT2D eigenvalue weighted by Crippen LogP contribution is -2.62. The van der Waals surface area contributed by atoms with Crippen molar-refractivity contribution in [3.8, 4) is 55.4 Å². The van der Waals surface area contributed by atoms with Crippen LogP contribution in [0.2, 0.25) is 0 Å². The Labute approximate surface area is 791 Å². The summed E-state index contributed by atoms with van der Waals surface area (Å²) in [7, 11) is 6.81.